The van der Waals surface area contributed by atoms with Crippen LogP contribution >= 0.6 is 0 Å². The molecule has 5 heteroatoms. The second kappa shape index (κ2) is 2.53. The van der Waals surface area contributed by atoms with Gasteiger partial charge in [-0.15, -0.1) is 0 Å². The van der Waals surface area contributed by atoms with Crippen molar-refractivity contribution in [1.29, 1.82) is 0 Å². The third kappa shape index (κ3) is 0.985. The van der Waals surface area contributed by atoms with E-state index in [1.165, 1.54) is 0 Å². The summed E-state index contributed by atoms with van der Waals surface area (Å²) >= 11 is 0. The highest BCUT2D eigenvalue weighted by molar-refractivity contribution is 5.77. The van der Waals surface area contributed by atoms with Crippen molar-refractivity contribution in [2.75, 3.05) is 6.61 Å². The fourth-order valence-electron chi connectivity index (χ4n) is 0.777. The van der Waals surface area contributed by atoms with Crippen molar-refractivity contribution in [2.45, 2.75) is 18.3 Å². The van der Waals surface area contributed by atoms with Gasteiger partial charge >= 0.3 is 5.97 Å². The normalized spacial score (nSPS) is 39.9. The monoisotopic (exact) mass is 148 g/mol. The molecule has 1 saturated heterocycles. The standard InChI is InChI=1S/C5H8O5/c6-1-2-3(7)4(8)5(9)10-2/h2-4,6-8H,1H2/t2-,3+,4+/m0/s1. The molecule has 0 bridgehead atoms. The number of aliphatic hydroxyl groups is 3. The van der Waals surface area contributed by atoms with Gasteiger partial charge in [0.2, 0.25) is 0 Å². The summed E-state index contributed by atoms with van der Waals surface area (Å²) in [6, 6.07) is 0. The van der Waals surface area contributed by atoms with Crippen molar-refractivity contribution in [1.82, 2.24) is 0 Å². The van der Waals surface area contributed by atoms with Crippen molar-refractivity contribution >= 4 is 5.97 Å². The van der Waals surface area contributed by atoms with Crippen LogP contribution in [-0.2, 0) is 9.53 Å². The molecule has 1 heterocycles. The lowest BCUT2D eigenvalue weighted by Crippen LogP contribution is -2.32. The van der Waals surface area contributed by atoms with Crippen LogP contribution in [0.3, 0.4) is 0 Å². The van der Waals surface area contributed by atoms with E-state index in [1.807, 2.05) is 0 Å². The second-order valence-corrected chi connectivity index (χ2v) is 2.09. The van der Waals surface area contributed by atoms with E-state index < -0.39 is 30.9 Å². The van der Waals surface area contributed by atoms with E-state index in [4.69, 9.17) is 15.3 Å². The summed E-state index contributed by atoms with van der Waals surface area (Å²) in [6.07, 6.45) is -3.77. The molecule has 5 nitrogen and oxygen atoms in total. The number of hydrogen-bond acceptors (Lipinski definition) is 5. The maximum atomic E-state index is 10.4. The average molecular weight is 148 g/mol. The smallest absolute Gasteiger partial charge is 0.338 e. The molecule has 1 rings (SSSR count). The van der Waals surface area contributed by atoms with Crippen molar-refractivity contribution in [3.63, 3.8) is 0 Å². The fourth-order valence-corrected chi connectivity index (χ4v) is 0.777. The maximum absolute atomic E-state index is 10.4. The van der Waals surface area contributed by atoms with Gasteiger partial charge in [0, 0.05) is 0 Å². The molecular weight excluding hydrogens is 140 g/mol. The van der Waals surface area contributed by atoms with E-state index in [2.05, 4.69) is 4.74 Å². The minimum absolute atomic E-state index is 0.468. The van der Waals surface area contributed by atoms with E-state index in [-0.39, 0.29) is 0 Å². The molecule has 0 saturated carbocycles. The number of carbonyl (C=O) groups is 1. The van der Waals surface area contributed by atoms with Crippen LogP contribution in [0.1, 0.15) is 0 Å². The van der Waals surface area contributed by atoms with Crippen LogP contribution in [0.2, 0.25) is 0 Å². The van der Waals surface area contributed by atoms with Gasteiger partial charge in [0.1, 0.15) is 6.10 Å². The van der Waals surface area contributed by atoms with Crippen LogP contribution in [0.5, 0.6) is 0 Å². The van der Waals surface area contributed by atoms with E-state index >= 15 is 0 Å². The molecular formula is C5H8O5. The zero-order chi connectivity index (χ0) is 7.72. The largest absolute Gasteiger partial charge is 0.455 e. The topological polar surface area (TPSA) is 87.0 Å². The van der Waals surface area contributed by atoms with Gasteiger partial charge in [-0.25, -0.2) is 4.79 Å². The van der Waals surface area contributed by atoms with Gasteiger partial charge in [-0.3, -0.25) is 0 Å². The first kappa shape index (κ1) is 7.46. The third-order valence-corrected chi connectivity index (χ3v) is 1.39. The SMILES string of the molecule is O=C1O[C@@H](CO)[C@@H](O)[C@H]1O. The lowest BCUT2D eigenvalue weighted by Gasteiger charge is -2.08. The molecule has 3 atom stereocenters. The molecule has 0 aromatic heterocycles. The molecule has 58 valence electrons. The molecule has 0 amide bonds. The quantitative estimate of drug-likeness (QED) is 0.362. The highest BCUT2D eigenvalue weighted by atomic mass is 16.6. The van der Waals surface area contributed by atoms with E-state index in [9.17, 15) is 4.79 Å². The zero-order valence-electron chi connectivity index (χ0n) is 5.10. The number of rotatable bonds is 1. The predicted octanol–water partition coefficient (Wildman–Crippen LogP) is -2.37. The van der Waals surface area contributed by atoms with E-state index in [0.29, 0.717) is 0 Å². The van der Waals surface area contributed by atoms with Gasteiger partial charge in [-0.1, -0.05) is 0 Å². The Hall–Kier alpha value is -0.650. The first-order chi connectivity index (χ1) is 4.66. The highest BCUT2D eigenvalue weighted by Crippen LogP contribution is 2.14. The van der Waals surface area contributed by atoms with Gasteiger partial charge < -0.3 is 20.1 Å². The van der Waals surface area contributed by atoms with Crippen LogP contribution < -0.4 is 0 Å². The Morgan fingerprint density at radius 1 is 1.50 bits per heavy atom. The number of hydrogen-bond donors (Lipinski definition) is 3. The molecule has 1 fully saturated rings. The minimum atomic E-state index is -1.50. The summed E-state index contributed by atoms with van der Waals surface area (Å²) in [5.74, 6) is -0.883. The summed E-state index contributed by atoms with van der Waals surface area (Å²) in [4.78, 5) is 10.4. The van der Waals surface area contributed by atoms with E-state index in [1.54, 1.807) is 0 Å². The number of carbonyl (C=O) groups excluding carboxylic acids is 1. The Kier molecular flexibility index (Phi) is 1.89. The first-order valence-electron chi connectivity index (χ1n) is 2.84. The first-order valence-corrected chi connectivity index (χ1v) is 2.84. The lowest BCUT2D eigenvalue weighted by molar-refractivity contribution is -0.148. The van der Waals surface area contributed by atoms with Crippen LogP contribution in [-0.4, -0.2) is 46.2 Å². The Balaban J connectivity index is 2.61. The second-order valence-electron chi connectivity index (χ2n) is 2.09. The molecule has 1 aliphatic rings. The van der Waals surface area contributed by atoms with Gasteiger partial charge in [-0.2, -0.15) is 0 Å². The van der Waals surface area contributed by atoms with Crippen LogP contribution in [0.15, 0.2) is 0 Å². The minimum Gasteiger partial charge on any atom is -0.455 e. The molecule has 0 radical (unpaired) electrons. The van der Waals surface area contributed by atoms with E-state index in [0.717, 1.165) is 0 Å². The molecule has 0 aliphatic carbocycles. The summed E-state index contributed by atoms with van der Waals surface area (Å²) < 4.78 is 4.35. The zero-order valence-corrected chi connectivity index (χ0v) is 5.10. The molecule has 10 heavy (non-hydrogen) atoms. The van der Waals surface area contributed by atoms with Crippen LogP contribution in [0.25, 0.3) is 0 Å². The molecule has 1 aliphatic heterocycles. The van der Waals surface area contributed by atoms with Crippen molar-refractivity contribution < 1.29 is 24.9 Å². The van der Waals surface area contributed by atoms with Crippen molar-refractivity contribution in [2.24, 2.45) is 0 Å². The molecule has 0 aromatic rings. The van der Waals surface area contributed by atoms with Gasteiger partial charge in [-0.05, 0) is 0 Å². The summed E-state index contributed by atoms with van der Waals surface area (Å²) in [7, 11) is 0. The number of ether oxygens (including phenoxy) is 1. The summed E-state index contributed by atoms with van der Waals surface area (Å²) in [5, 5.41) is 26.0. The number of esters is 1. The van der Waals surface area contributed by atoms with Gasteiger partial charge in [0.05, 0.1) is 6.61 Å². The Morgan fingerprint density at radius 2 is 2.10 bits per heavy atom. The fraction of sp³-hybridized carbons (Fsp3) is 0.800. The molecule has 0 spiro atoms. The number of cyclic esters (lactones) is 1. The third-order valence-electron chi connectivity index (χ3n) is 1.39. The molecule has 0 unspecified atom stereocenters. The Bertz CT molecular complexity index is 145. The highest BCUT2D eigenvalue weighted by Gasteiger charge is 2.41. The predicted molar refractivity (Wildman–Crippen MR) is 29.0 cm³/mol. The molecule has 3 N–H and O–H groups in total. The molecule has 0 aromatic carbocycles. The summed E-state index contributed by atoms with van der Waals surface area (Å²) in [6.45, 7) is -0.468. The maximum Gasteiger partial charge on any atom is 0.338 e. The summed E-state index contributed by atoms with van der Waals surface area (Å²) in [5.41, 5.74) is 0. The Labute approximate surface area is 56.9 Å². The average Bonchev–Trinajstić information content (AvgIpc) is 2.17. The van der Waals surface area contributed by atoms with Crippen molar-refractivity contribution in [3.8, 4) is 0 Å². The number of aliphatic hydroxyl groups excluding tert-OH is 3. The lowest BCUT2D eigenvalue weighted by atomic mass is 10.1. The van der Waals surface area contributed by atoms with Crippen LogP contribution in [0.4, 0.5) is 0 Å². The van der Waals surface area contributed by atoms with Gasteiger partial charge in [0.25, 0.3) is 0 Å². The van der Waals surface area contributed by atoms with Crippen molar-refractivity contribution in [3.05, 3.63) is 0 Å². The Morgan fingerprint density at radius 3 is 2.30 bits per heavy atom. The van der Waals surface area contributed by atoms with Gasteiger partial charge in [0.15, 0.2) is 12.2 Å². The van der Waals surface area contributed by atoms with Crippen LogP contribution in [0, 0.1) is 0 Å².